The molecule has 0 radical (unpaired) electrons. The van der Waals surface area contributed by atoms with Gasteiger partial charge in [0.25, 0.3) is 0 Å². The second-order valence-corrected chi connectivity index (χ2v) is 14.1. The molecule has 194 valence electrons. The highest BCUT2D eigenvalue weighted by atomic mass is 35.5. The van der Waals surface area contributed by atoms with E-state index in [1.54, 1.807) is 24.2 Å². The predicted octanol–water partition coefficient (Wildman–Crippen LogP) is 2.66. The number of sulfone groups is 1. The largest absolute Gasteiger partial charge is 0.350 e. The van der Waals surface area contributed by atoms with Crippen molar-refractivity contribution in [2.24, 2.45) is 0 Å². The van der Waals surface area contributed by atoms with Crippen molar-refractivity contribution in [3.8, 4) is 0 Å². The number of hydrogen-bond donors (Lipinski definition) is 0. The van der Waals surface area contributed by atoms with Crippen molar-refractivity contribution in [1.82, 2.24) is 25.1 Å². The van der Waals surface area contributed by atoms with Crippen molar-refractivity contribution < 1.29 is 13.2 Å². The highest BCUT2D eigenvalue weighted by Gasteiger charge is 2.57. The minimum atomic E-state index is -3.39. The number of fused-ring (bicyclic) bond motifs is 1. The van der Waals surface area contributed by atoms with Crippen molar-refractivity contribution in [2.45, 2.75) is 70.2 Å². The van der Waals surface area contributed by atoms with E-state index >= 15 is 0 Å². The Bertz CT molecular complexity index is 1350. The molecule has 0 spiro atoms. The smallest absolute Gasteiger partial charge is 0.244 e. The van der Waals surface area contributed by atoms with Gasteiger partial charge in [0.05, 0.1) is 16.5 Å². The SMILES string of the molecule is Cc1nnc(N2CC(C)(C)c3c2ncnc3N2C[C@@H](C)N(C(=O)[C@]3(C)CCS3(=O)=O)C[C@@H]2C)cc1Cl. The molecule has 0 N–H and O–H groups in total. The van der Waals surface area contributed by atoms with Gasteiger partial charge in [-0.2, -0.15) is 5.10 Å². The fraction of sp³-hybridized carbons (Fsp3) is 0.625. The van der Waals surface area contributed by atoms with Gasteiger partial charge in [0.2, 0.25) is 5.91 Å². The number of rotatable bonds is 3. The van der Waals surface area contributed by atoms with Crippen LogP contribution in [0, 0.1) is 6.92 Å². The third-order valence-electron chi connectivity index (χ3n) is 7.98. The molecule has 0 aliphatic carbocycles. The van der Waals surface area contributed by atoms with Crippen LogP contribution in [0.2, 0.25) is 5.02 Å². The molecule has 0 saturated carbocycles. The van der Waals surface area contributed by atoms with E-state index in [0.29, 0.717) is 42.6 Å². The van der Waals surface area contributed by atoms with Crippen LogP contribution in [0.15, 0.2) is 12.4 Å². The third kappa shape index (κ3) is 3.65. The quantitative estimate of drug-likeness (QED) is 0.587. The standard InChI is InChI=1S/C24H32ClN7O3S/c1-14-11-31(22(33)24(6)7-8-36(24,34)35)15(2)10-30(14)20-19-21(27-13-26-20)32(12-23(19,4)5)18-9-17(25)16(3)28-29-18/h9,13-15H,7-8,10-12H2,1-6H3/t14-,15+,24-/m0/s1. The summed E-state index contributed by atoms with van der Waals surface area (Å²) in [5.41, 5.74) is 1.39. The van der Waals surface area contributed by atoms with E-state index in [0.717, 1.165) is 17.2 Å². The topological polar surface area (TPSA) is 112 Å². The first-order valence-corrected chi connectivity index (χ1v) is 14.2. The van der Waals surface area contributed by atoms with Gasteiger partial charge < -0.3 is 14.7 Å². The maximum absolute atomic E-state index is 13.3. The van der Waals surface area contributed by atoms with Crippen LogP contribution in [0.5, 0.6) is 0 Å². The Morgan fingerprint density at radius 2 is 1.78 bits per heavy atom. The van der Waals surface area contributed by atoms with Crippen LogP contribution < -0.4 is 9.80 Å². The molecule has 0 aromatic carbocycles. The molecule has 0 bridgehead atoms. The van der Waals surface area contributed by atoms with E-state index in [1.165, 1.54) is 0 Å². The molecular weight excluding hydrogens is 502 g/mol. The van der Waals surface area contributed by atoms with Crippen LogP contribution >= 0.6 is 11.6 Å². The number of hydrogen-bond acceptors (Lipinski definition) is 9. The van der Waals surface area contributed by atoms with Gasteiger partial charge in [0.15, 0.2) is 15.7 Å². The van der Waals surface area contributed by atoms with Crippen LogP contribution in [-0.2, 0) is 20.0 Å². The Labute approximate surface area is 217 Å². The number of carbonyl (C=O) groups is 1. The third-order valence-corrected chi connectivity index (χ3v) is 10.9. The van der Waals surface area contributed by atoms with Crippen LogP contribution in [0.4, 0.5) is 17.5 Å². The van der Waals surface area contributed by atoms with E-state index in [2.05, 4.69) is 33.9 Å². The van der Waals surface area contributed by atoms with Gasteiger partial charge in [-0.05, 0) is 34.1 Å². The van der Waals surface area contributed by atoms with Gasteiger partial charge in [-0.15, -0.1) is 5.10 Å². The Kier molecular flexibility index (Phi) is 5.75. The number of nitrogens with zero attached hydrogens (tertiary/aromatic N) is 7. The van der Waals surface area contributed by atoms with Gasteiger partial charge in [-0.1, -0.05) is 25.4 Å². The summed E-state index contributed by atoms with van der Waals surface area (Å²) in [5, 5.41) is 9.09. The van der Waals surface area contributed by atoms with Gasteiger partial charge in [-0.3, -0.25) is 4.79 Å². The van der Waals surface area contributed by atoms with Crippen molar-refractivity contribution in [2.75, 3.05) is 35.2 Å². The predicted molar refractivity (Wildman–Crippen MR) is 139 cm³/mol. The van der Waals surface area contributed by atoms with Gasteiger partial charge >= 0.3 is 0 Å². The Morgan fingerprint density at radius 1 is 1.08 bits per heavy atom. The summed E-state index contributed by atoms with van der Waals surface area (Å²) in [5.74, 6) is 2.02. The normalized spacial score (nSPS) is 28.6. The summed E-state index contributed by atoms with van der Waals surface area (Å²) >= 11 is 6.34. The number of piperazine rings is 1. The highest BCUT2D eigenvalue weighted by molar-refractivity contribution is 7.95. The lowest BCUT2D eigenvalue weighted by Gasteiger charge is -2.49. The molecular formula is C24H32ClN7O3S. The molecule has 5 heterocycles. The lowest BCUT2D eigenvalue weighted by atomic mass is 9.87. The number of carbonyl (C=O) groups excluding carboxylic acids is 1. The molecule has 3 aliphatic heterocycles. The van der Waals surface area contributed by atoms with E-state index in [9.17, 15) is 13.2 Å². The summed E-state index contributed by atoms with van der Waals surface area (Å²) in [4.78, 5) is 28.6. The second kappa shape index (κ2) is 8.24. The molecule has 3 aliphatic rings. The molecule has 5 rings (SSSR count). The van der Waals surface area contributed by atoms with Crippen LogP contribution in [0.1, 0.15) is 52.3 Å². The zero-order chi connectivity index (χ0) is 26.2. The second-order valence-electron chi connectivity index (χ2n) is 11.1. The van der Waals surface area contributed by atoms with Crippen molar-refractivity contribution in [1.29, 1.82) is 0 Å². The lowest BCUT2D eigenvalue weighted by Crippen LogP contribution is -2.66. The summed E-state index contributed by atoms with van der Waals surface area (Å²) in [7, 11) is -3.39. The Balaban J connectivity index is 1.47. The van der Waals surface area contributed by atoms with Crippen molar-refractivity contribution in [3.63, 3.8) is 0 Å². The van der Waals surface area contributed by atoms with Crippen LogP contribution in [0.3, 0.4) is 0 Å². The fourth-order valence-electron chi connectivity index (χ4n) is 5.51. The summed E-state index contributed by atoms with van der Waals surface area (Å²) < 4.78 is 23.5. The summed E-state index contributed by atoms with van der Waals surface area (Å²) in [6.45, 7) is 13.3. The first-order chi connectivity index (χ1) is 16.8. The molecule has 10 nitrogen and oxygen atoms in total. The Morgan fingerprint density at radius 3 is 2.39 bits per heavy atom. The molecule has 2 fully saturated rings. The molecule has 12 heteroatoms. The average Bonchev–Trinajstić information content (AvgIpc) is 3.11. The van der Waals surface area contributed by atoms with E-state index < -0.39 is 14.6 Å². The van der Waals surface area contributed by atoms with Crippen molar-refractivity contribution in [3.05, 3.63) is 28.7 Å². The maximum Gasteiger partial charge on any atom is 0.244 e. The first kappa shape index (κ1) is 25.1. The molecule has 2 aromatic rings. The number of aromatic nitrogens is 4. The molecule has 3 atom stereocenters. The lowest BCUT2D eigenvalue weighted by molar-refractivity contribution is -0.137. The summed E-state index contributed by atoms with van der Waals surface area (Å²) in [6, 6.07) is 1.57. The number of halogens is 1. The van der Waals surface area contributed by atoms with Crippen molar-refractivity contribution >= 4 is 44.8 Å². The fourth-order valence-corrected chi connectivity index (χ4v) is 7.18. The van der Waals surface area contributed by atoms with E-state index in [-0.39, 0.29) is 29.2 Å². The molecule has 2 saturated heterocycles. The molecule has 1 amide bonds. The summed E-state index contributed by atoms with van der Waals surface area (Å²) in [6.07, 6.45) is 1.94. The minimum Gasteiger partial charge on any atom is -0.350 e. The zero-order valence-electron chi connectivity index (χ0n) is 21.5. The number of anilines is 3. The van der Waals surface area contributed by atoms with Gasteiger partial charge in [0, 0.05) is 48.8 Å². The van der Waals surface area contributed by atoms with E-state index in [4.69, 9.17) is 16.6 Å². The number of aryl methyl sites for hydroxylation is 1. The Hall–Kier alpha value is -2.53. The minimum absolute atomic E-state index is 0.0611. The first-order valence-electron chi connectivity index (χ1n) is 12.2. The maximum atomic E-state index is 13.3. The molecule has 0 unspecified atom stereocenters. The number of amides is 1. The van der Waals surface area contributed by atoms with Crippen LogP contribution in [0.25, 0.3) is 0 Å². The average molecular weight is 534 g/mol. The van der Waals surface area contributed by atoms with Gasteiger partial charge in [-0.25, -0.2) is 18.4 Å². The highest BCUT2D eigenvalue weighted by Crippen LogP contribution is 2.47. The monoisotopic (exact) mass is 533 g/mol. The van der Waals surface area contributed by atoms with E-state index in [1.807, 2.05) is 25.7 Å². The van der Waals surface area contributed by atoms with Crippen LogP contribution in [-0.4, -0.2) is 81.6 Å². The van der Waals surface area contributed by atoms with Gasteiger partial charge in [0.1, 0.15) is 22.7 Å². The molecule has 2 aromatic heterocycles. The zero-order valence-corrected chi connectivity index (χ0v) is 23.1. The molecule has 36 heavy (non-hydrogen) atoms.